The van der Waals surface area contributed by atoms with Gasteiger partial charge in [-0.05, 0) is 94.3 Å². The summed E-state index contributed by atoms with van der Waals surface area (Å²) in [4.78, 5) is 38.6. The number of amides is 1. The number of anilines is 1. The molecule has 0 atom stereocenters. The van der Waals surface area contributed by atoms with Crippen LogP contribution in [0.5, 0.6) is 11.5 Å². The van der Waals surface area contributed by atoms with Crippen LogP contribution in [0.25, 0.3) is 22.0 Å². The lowest BCUT2D eigenvalue weighted by Gasteiger charge is -2.36. The Morgan fingerprint density at radius 3 is 2.38 bits per heavy atom. The number of benzene rings is 2. The first-order chi connectivity index (χ1) is 26.3. The van der Waals surface area contributed by atoms with E-state index >= 15 is 0 Å². The predicted molar refractivity (Wildman–Crippen MR) is 220 cm³/mol. The smallest absolute Gasteiger partial charge is 0.298 e. The van der Waals surface area contributed by atoms with Crippen LogP contribution in [0.2, 0.25) is 10.0 Å². The summed E-state index contributed by atoms with van der Waals surface area (Å²) in [5.74, 6) is 2.22. The number of aromatic amines is 1. The molecule has 1 aliphatic rings. The third-order valence-corrected chi connectivity index (χ3v) is 11.4. The molecule has 55 heavy (non-hydrogen) atoms. The number of carbonyl (C=O) groups is 2. The van der Waals surface area contributed by atoms with E-state index in [2.05, 4.69) is 39.0 Å². The minimum Gasteiger partial charge on any atom is -0.494 e. The summed E-state index contributed by atoms with van der Waals surface area (Å²) >= 11 is 13.3. The van der Waals surface area contributed by atoms with E-state index in [1.54, 1.807) is 12.1 Å². The molecule has 292 valence electrons. The first kappa shape index (κ1) is 40.1. The van der Waals surface area contributed by atoms with Gasteiger partial charge in [0.25, 0.3) is 12.4 Å². The number of ether oxygens (including phenoxy) is 2. The van der Waals surface area contributed by atoms with E-state index < -0.39 is 0 Å². The van der Waals surface area contributed by atoms with Gasteiger partial charge < -0.3 is 24.7 Å². The fraction of sp³-hybridized carbons (Fsp3) is 0.429. The van der Waals surface area contributed by atoms with Crippen LogP contribution in [0.1, 0.15) is 70.9 Å². The Morgan fingerprint density at radius 2 is 1.73 bits per heavy atom. The summed E-state index contributed by atoms with van der Waals surface area (Å²) in [6.45, 7) is 17.9. The molecule has 0 unspecified atom stereocenters. The van der Waals surface area contributed by atoms with Crippen LogP contribution in [-0.4, -0.2) is 76.4 Å². The molecule has 6 rings (SSSR count). The third-order valence-electron chi connectivity index (χ3n) is 10.4. The Labute approximate surface area is 333 Å². The highest BCUT2D eigenvalue weighted by molar-refractivity contribution is 6.35. The van der Waals surface area contributed by atoms with Crippen molar-refractivity contribution in [1.82, 2.24) is 30.0 Å². The summed E-state index contributed by atoms with van der Waals surface area (Å²) < 4.78 is 13.3. The van der Waals surface area contributed by atoms with Gasteiger partial charge in [0.05, 0.1) is 35.1 Å². The second-order valence-corrected chi connectivity index (χ2v) is 15.7. The van der Waals surface area contributed by atoms with E-state index in [-0.39, 0.29) is 12.5 Å². The Balaban J connectivity index is 1.26. The van der Waals surface area contributed by atoms with Gasteiger partial charge in [-0.25, -0.2) is 4.98 Å². The van der Waals surface area contributed by atoms with Crippen LogP contribution in [0.3, 0.4) is 0 Å². The topological polar surface area (TPSA) is 118 Å². The quantitative estimate of drug-likeness (QED) is 0.0807. The Bertz CT molecular complexity index is 2160. The standard InChI is InChI=1S/C42H51Cl2N7O4/c1-25(2)12-13-50-14-16-51(17-15-50)36-22-32(55-24-52)21-30(46-36)23-45-42(53)41-33(9-8-18-54-31-19-26(3)39(44)27(4)20-31)34-10-11-35(43)38(40(34)47-41)37-28(5)48-49(7)29(37)6/h10-11,19-22,24-25,47H,8-9,12-18,23H2,1-7H3,(H,45,53). The molecule has 11 nitrogen and oxygen atoms in total. The molecule has 1 aliphatic heterocycles. The number of nitrogens with one attached hydrogen (secondary N) is 2. The molecule has 0 bridgehead atoms. The van der Waals surface area contributed by atoms with Crippen LogP contribution < -0.4 is 19.7 Å². The third kappa shape index (κ3) is 9.11. The summed E-state index contributed by atoms with van der Waals surface area (Å²) in [6.07, 6.45) is 2.38. The molecule has 1 saturated heterocycles. The van der Waals surface area contributed by atoms with Crippen molar-refractivity contribution < 1.29 is 19.1 Å². The average Bonchev–Trinajstić information content (AvgIpc) is 3.65. The molecule has 1 fully saturated rings. The lowest BCUT2D eigenvalue weighted by molar-refractivity contribution is -0.120. The largest absolute Gasteiger partial charge is 0.494 e. The van der Waals surface area contributed by atoms with Gasteiger partial charge >= 0.3 is 0 Å². The van der Waals surface area contributed by atoms with Crippen molar-refractivity contribution in [2.75, 3.05) is 44.2 Å². The zero-order chi connectivity index (χ0) is 39.4. The number of rotatable bonds is 15. The first-order valence-electron chi connectivity index (χ1n) is 18.9. The molecular weight excluding hydrogens is 737 g/mol. The Hall–Kier alpha value is -4.58. The van der Waals surface area contributed by atoms with Crippen LogP contribution in [0, 0.1) is 33.6 Å². The van der Waals surface area contributed by atoms with Crippen LogP contribution in [-0.2, 0) is 24.8 Å². The van der Waals surface area contributed by atoms with Gasteiger partial charge in [-0.2, -0.15) is 5.10 Å². The first-order valence-corrected chi connectivity index (χ1v) is 19.7. The van der Waals surface area contributed by atoms with Gasteiger partial charge in [-0.3, -0.25) is 19.2 Å². The van der Waals surface area contributed by atoms with Crippen LogP contribution in [0.4, 0.5) is 5.82 Å². The molecule has 2 N–H and O–H groups in total. The van der Waals surface area contributed by atoms with Gasteiger partial charge in [0.2, 0.25) is 0 Å². The monoisotopic (exact) mass is 787 g/mol. The molecule has 0 spiro atoms. The van der Waals surface area contributed by atoms with Crippen molar-refractivity contribution in [3.05, 3.63) is 85.9 Å². The summed E-state index contributed by atoms with van der Waals surface area (Å²) in [5.41, 5.74) is 8.11. The molecule has 0 saturated carbocycles. The fourth-order valence-electron chi connectivity index (χ4n) is 7.38. The number of aromatic nitrogens is 4. The maximum absolute atomic E-state index is 14.2. The second-order valence-electron chi connectivity index (χ2n) is 14.9. The number of nitrogens with zero attached hydrogens (tertiary/aromatic N) is 5. The van der Waals surface area contributed by atoms with Crippen molar-refractivity contribution in [3.63, 3.8) is 0 Å². The molecular formula is C42H51Cl2N7O4. The zero-order valence-electron chi connectivity index (χ0n) is 32.8. The molecule has 3 aromatic heterocycles. The minimum absolute atomic E-state index is 0.123. The maximum atomic E-state index is 14.2. The number of H-pyrrole nitrogens is 1. The molecule has 4 heterocycles. The minimum atomic E-state index is -0.290. The molecule has 5 aromatic rings. The van der Waals surface area contributed by atoms with Crippen molar-refractivity contribution >= 4 is 52.3 Å². The number of carbonyl (C=O) groups excluding carboxylic acids is 2. The summed E-state index contributed by atoms with van der Waals surface area (Å²) in [6, 6.07) is 11.2. The highest BCUT2D eigenvalue weighted by atomic mass is 35.5. The van der Waals surface area contributed by atoms with Gasteiger partial charge in [0, 0.05) is 72.6 Å². The highest BCUT2D eigenvalue weighted by Crippen LogP contribution is 2.40. The van der Waals surface area contributed by atoms with Gasteiger partial charge in [-0.1, -0.05) is 43.1 Å². The number of pyridine rings is 1. The van der Waals surface area contributed by atoms with Gasteiger partial charge in [-0.15, -0.1) is 0 Å². The molecule has 0 aliphatic carbocycles. The molecule has 2 aromatic carbocycles. The van der Waals surface area contributed by atoms with E-state index in [1.165, 1.54) is 0 Å². The Kier molecular flexibility index (Phi) is 12.7. The SMILES string of the molecule is Cc1cc(OCCCc2c(C(=O)NCc3cc(OC=O)cc(N4CCN(CCC(C)C)CC4)n3)[nH]c3c(-c4c(C)nn(C)c4C)c(Cl)ccc23)cc(C)c1Cl. The average molecular weight is 789 g/mol. The van der Waals surface area contributed by atoms with Crippen LogP contribution in [0.15, 0.2) is 36.4 Å². The number of hydrogen-bond acceptors (Lipinski definition) is 8. The lowest BCUT2D eigenvalue weighted by Crippen LogP contribution is -2.47. The van der Waals surface area contributed by atoms with E-state index in [1.807, 2.05) is 63.7 Å². The number of fused-ring (bicyclic) bond motifs is 1. The van der Waals surface area contributed by atoms with E-state index in [0.717, 1.165) is 100 Å². The van der Waals surface area contributed by atoms with E-state index in [0.29, 0.717) is 59.8 Å². The zero-order valence-corrected chi connectivity index (χ0v) is 34.3. The Morgan fingerprint density at radius 1 is 1.00 bits per heavy atom. The van der Waals surface area contributed by atoms with Gasteiger partial charge in [0.15, 0.2) is 0 Å². The van der Waals surface area contributed by atoms with Crippen molar-refractivity contribution in [2.45, 2.75) is 67.3 Å². The van der Waals surface area contributed by atoms with Gasteiger partial charge in [0.1, 0.15) is 23.0 Å². The highest BCUT2D eigenvalue weighted by Gasteiger charge is 2.25. The normalized spacial score (nSPS) is 13.5. The molecule has 1 amide bonds. The maximum Gasteiger partial charge on any atom is 0.298 e. The van der Waals surface area contributed by atoms with Crippen LogP contribution >= 0.6 is 23.2 Å². The number of piperazine rings is 1. The number of hydrogen-bond donors (Lipinski definition) is 2. The summed E-state index contributed by atoms with van der Waals surface area (Å²) in [5, 5.41) is 9.93. The van der Waals surface area contributed by atoms with E-state index in [9.17, 15) is 9.59 Å². The number of aryl methyl sites for hydroxylation is 5. The molecule has 13 heteroatoms. The number of halogens is 2. The summed E-state index contributed by atoms with van der Waals surface area (Å²) in [7, 11) is 1.91. The van der Waals surface area contributed by atoms with E-state index in [4.69, 9.17) is 37.7 Å². The van der Waals surface area contributed by atoms with Crippen molar-refractivity contribution in [3.8, 4) is 22.6 Å². The fourth-order valence-corrected chi connectivity index (χ4v) is 7.74. The van der Waals surface area contributed by atoms with Crippen molar-refractivity contribution in [2.24, 2.45) is 13.0 Å². The van der Waals surface area contributed by atoms with Crippen molar-refractivity contribution in [1.29, 1.82) is 0 Å². The second kappa shape index (κ2) is 17.5. The predicted octanol–water partition coefficient (Wildman–Crippen LogP) is 8.15. The lowest BCUT2D eigenvalue weighted by atomic mass is 9.98. The molecule has 0 radical (unpaired) electrons.